The number of piperazine rings is 1. The second-order valence-electron chi connectivity index (χ2n) is 7.38. The van der Waals surface area contributed by atoms with Crippen molar-refractivity contribution in [3.8, 4) is 5.75 Å². The number of fused-ring (bicyclic) bond motifs is 1. The molecular weight excluding hydrogens is 368 g/mol. The Bertz CT molecular complexity index is 1050. The van der Waals surface area contributed by atoms with E-state index in [9.17, 15) is 14.7 Å². The van der Waals surface area contributed by atoms with E-state index >= 15 is 0 Å². The molecule has 0 amide bonds. The van der Waals surface area contributed by atoms with Crippen molar-refractivity contribution in [3.63, 3.8) is 0 Å². The molecule has 2 aromatic carbocycles. The molecule has 6 nitrogen and oxygen atoms in total. The van der Waals surface area contributed by atoms with Crippen molar-refractivity contribution in [3.05, 3.63) is 64.9 Å². The van der Waals surface area contributed by atoms with Gasteiger partial charge in [-0.2, -0.15) is 0 Å². The number of carbonyl (C=O) groups excluding carboxylic acids is 2. The van der Waals surface area contributed by atoms with E-state index in [1.54, 1.807) is 37.3 Å². The molecule has 29 heavy (non-hydrogen) atoms. The molecule has 1 saturated heterocycles. The third-order valence-corrected chi connectivity index (χ3v) is 5.46. The summed E-state index contributed by atoms with van der Waals surface area (Å²) in [5, 5.41) is 14.3. The topological polar surface area (TPSA) is 82.8 Å². The number of Topliss-reactive ketones (excluding diaryl/α,β-unsaturated/α-hetero) is 1. The van der Waals surface area contributed by atoms with Crippen LogP contribution in [0.15, 0.2) is 46.9 Å². The van der Waals surface area contributed by atoms with Gasteiger partial charge in [0.1, 0.15) is 11.3 Å². The quantitative estimate of drug-likeness (QED) is 0.627. The van der Waals surface area contributed by atoms with Crippen molar-refractivity contribution in [2.75, 3.05) is 32.7 Å². The molecule has 0 spiro atoms. The highest BCUT2D eigenvalue weighted by Gasteiger charge is 2.22. The molecule has 0 aliphatic carbocycles. The maximum absolute atomic E-state index is 12.8. The normalized spacial score (nSPS) is 14.9. The standard InChI is InChI=1S/C23H24N2O4/c1-15-17-13-18(19(26)7-10-25-11-8-24-9-12-25)20(27)14-21(17)29-23(15)22(28)16-5-3-2-4-6-16/h2-6,13-14,24,27H,7-12H2,1H3. The summed E-state index contributed by atoms with van der Waals surface area (Å²) in [7, 11) is 0. The highest BCUT2D eigenvalue weighted by atomic mass is 16.3. The molecule has 0 bridgehead atoms. The van der Waals surface area contributed by atoms with Gasteiger partial charge in [-0.15, -0.1) is 0 Å². The van der Waals surface area contributed by atoms with E-state index in [0.29, 0.717) is 35.1 Å². The van der Waals surface area contributed by atoms with Crippen LogP contribution in [-0.4, -0.2) is 54.3 Å². The molecule has 2 N–H and O–H groups in total. The number of phenolic OH excluding ortho intramolecular Hbond substituents is 1. The number of carbonyl (C=O) groups is 2. The number of hydrogen-bond donors (Lipinski definition) is 2. The van der Waals surface area contributed by atoms with Crippen LogP contribution in [0.5, 0.6) is 5.75 Å². The van der Waals surface area contributed by atoms with Gasteiger partial charge in [0.25, 0.3) is 0 Å². The van der Waals surface area contributed by atoms with Crippen molar-refractivity contribution < 1.29 is 19.1 Å². The molecule has 150 valence electrons. The Morgan fingerprint density at radius 3 is 2.59 bits per heavy atom. The summed E-state index contributed by atoms with van der Waals surface area (Å²) in [5.41, 5.74) is 1.88. The van der Waals surface area contributed by atoms with Crippen LogP contribution in [0.3, 0.4) is 0 Å². The largest absolute Gasteiger partial charge is 0.507 e. The Labute approximate surface area is 169 Å². The maximum Gasteiger partial charge on any atom is 0.228 e. The summed E-state index contributed by atoms with van der Waals surface area (Å²) in [6.45, 7) is 6.16. The maximum atomic E-state index is 12.8. The monoisotopic (exact) mass is 392 g/mol. The van der Waals surface area contributed by atoms with E-state index in [2.05, 4.69) is 10.2 Å². The number of benzene rings is 2. The predicted molar refractivity (Wildman–Crippen MR) is 111 cm³/mol. The third-order valence-electron chi connectivity index (χ3n) is 5.46. The molecule has 2 heterocycles. The van der Waals surface area contributed by atoms with Gasteiger partial charge in [0, 0.05) is 61.7 Å². The number of nitrogens with zero attached hydrogens (tertiary/aromatic N) is 1. The van der Waals surface area contributed by atoms with Crippen LogP contribution >= 0.6 is 0 Å². The Balaban J connectivity index is 1.60. The minimum Gasteiger partial charge on any atom is -0.507 e. The van der Waals surface area contributed by atoms with E-state index in [4.69, 9.17) is 4.42 Å². The van der Waals surface area contributed by atoms with Gasteiger partial charge in [0.05, 0.1) is 5.56 Å². The lowest BCUT2D eigenvalue weighted by Crippen LogP contribution is -2.44. The fourth-order valence-corrected chi connectivity index (χ4v) is 3.75. The Hall–Kier alpha value is -2.96. The average Bonchev–Trinajstić information content (AvgIpc) is 3.07. The number of nitrogens with one attached hydrogen (secondary N) is 1. The zero-order valence-corrected chi connectivity index (χ0v) is 16.4. The van der Waals surface area contributed by atoms with Gasteiger partial charge < -0.3 is 19.7 Å². The van der Waals surface area contributed by atoms with E-state index < -0.39 is 0 Å². The van der Waals surface area contributed by atoms with Crippen molar-refractivity contribution in [2.45, 2.75) is 13.3 Å². The van der Waals surface area contributed by atoms with Crippen molar-refractivity contribution in [1.29, 1.82) is 0 Å². The van der Waals surface area contributed by atoms with Gasteiger partial charge in [-0.05, 0) is 13.0 Å². The van der Waals surface area contributed by atoms with Crippen molar-refractivity contribution in [2.24, 2.45) is 0 Å². The number of aryl methyl sites for hydroxylation is 1. The van der Waals surface area contributed by atoms with Gasteiger partial charge in [-0.25, -0.2) is 0 Å². The molecule has 1 fully saturated rings. The zero-order chi connectivity index (χ0) is 20.4. The number of ketones is 2. The first-order valence-electron chi connectivity index (χ1n) is 9.86. The number of rotatable bonds is 6. The first-order valence-corrected chi connectivity index (χ1v) is 9.86. The third kappa shape index (κ3) is 3.95. The number of hydrogen-bond acceptors (Lipinski definition) is 6. The molecule has 1 aliphatic rings. The molecule has 0 saturated carbocycles. The van der Waals surface area contributed by atoms with Gasteiger partial charge in [-0.1, -0.05) is 30.3 Å². The van der Waals surface area contributed by atoms with E-state index in [-0.39, 0.29) is 28.6 Å². The highest BCUT2D eigenvalue weighted by Crippen LogP contribution is 2.33. The lowest BCUT2D eigenvalue weighted by molar-refractivity contribution is 0.0957. The minimum absolute atomic E-state index is 0.112. The zero-order valence-electron chi connectivity index (χ0n) is 16.4. The SMILES string of the molecule is Cc1c(C(=O)c2ccccc2)oc2cc(O)c(C(=O)CCN3CCNCC3)cc12. The van der Waals surface area contributed by atoms with E-state index in [1.165, 1.54) is 6.07 Å². The molecule has 0 radical (unpaired) electrons. The van der Waals surface area contributed by atoms with Crippen LogP contribution in [0.25, 0.3) is 11.0 Å². The van der Waals surface area contributed by atoms with Crippen LogP contribution in [0.1, 0.15) is 38.5 Å². The number of furan rings is 1. The smallest absolute Gasteiger partial charge is 0.228 e. The summed E-state index contributed by atoms with van der Waals surface area (Å²) in [5.74, 6) is -0.212. The Morgan fingerprint density at radius 1 is 1.14 bits per heavy atom. The van der Waals surface area contributed by atoms with Crippen LogP contribution in [0.2, 0.25) is 0 Å². The van der Waals surface area contributed by atoms with Crippen molar-refractivity contribution >= 4 is 22.5 Å². The molecule has 0 unspecified atom stereocenters. The molecule has 4 rings (SSSR count). The minimum atomic E-state index is -0.217. The number of phenols is 1. The van der Waals surface area contributed by atoms with E-state index in [1.807, 2.05) is 6.07 Å². The lowest BCUT2D eigenvalue weighted by atomic mass is 10.0. The lowest BCUT2D eigenvalue weighted by Gasteiger charge is -2.26. The first kappa shape index (κ1) is 19.4. The Morgan fingerprint density at radius 2 is 1.86 bits per heavy atom. The molecule has 1 aromatic heterocycles. The van der Waals surface area contributed by atoms with Gasteiger partial charge >= 0.3 is 0 Å². The highest BCUT2D eigenvalue weighted by molar-refractivity contribution is 6.11. The predicted octanol–water partition coefficient (Wildman–Crippen LogP) is 3.16. The van der Waals surface area contributed by atoms with E-state index in [0.717, 1.165) is 26.2 Å². The fraction of sp³-hybridized carbons (Fsp3) is 0.304. The summed E-state index contributed by atoms with van der Waals surface area (Å²) in [6, 6.07) is 12.0. The molecule has 3 aromatic rings. The van der Waals surface area contributed by atoms with Crippen LogP contribution < -0.4 is 5.32 Å². The van der Waals surface area contributed by atoms with Crippen LogP contribution in [0.4, 0.5) is 0 Å². The second kappa shape index (κ2) is 8.19. The van der Waals surface area contributed by atoms with Crippen molar-refractivity contribution in [1.82, 2.24) is 10.2 Å². The van der Waals surface area contributed by atoms with Gasteiger partial charge in [0.15, 0.2) is 11.5 Å². The molecule has 0 atom stereocenters. The molecule has 6 heteroatoms. The summed E-state index contributed by atoms with van der Waals surface area (Å²) < 4.78 is 5.75. The van der Waals surface area contributed by atoms with Gasteiger partial charge in [0.2, 0.25) is 5.78 Å². The fourth-order valence-electron chi connectivity index (χ4n) is 3.75. The molecular formula is C23H24N2O4. The molecule has 1 aliphatic heterocycles. The average molecular weight is 392 g/mol. The Kier molecular flexibility index (Phi) is 5.47. The summed E-state index contributed by atoms with van der Waals surface area (Å²) in [4.78, 5) is 27.7. The van der Waals surface area contributed by atoms with Gasteiger partial charge in [-0.3, -0.25) is 9.59 Å². The van der Waals surface area contributed by atoms with Crippen LogP contribution in [0, 0.1) is 6.92 Å². The second-order valence-corrected chi connectivity index (χ2v) is 7.38. The van der Waals surface area contributed by atoms with Crippen LogP contribution in [-0.2, 0) is 0 Å². The first-order chi connectivity index (χ1) is 14.0. The number of aromatic hydroxyl groups is 1. The summed E-state index contributed by atoms with van der Waals surface area (Å²) in [6.07, 6.45) is 0.339. The summed E-state index contributed by atoms with van der Waals surface area (Å²) >= 11 is 0.